The molecule has 0 radical (unpaired) electrons. The first-order chi connectivity index (χ1) is 17.1. The van der Waals surface area contributed by atoms with E-state index in [0.717, 1.165) is 27.5 Å². The van der Waals surface area contributed by atoms with Crippen LogP contribution >= 0.6 is 11.3 Å². The van der Waals surface area contributed by atoms with E-state index in [1.165, 1.54) is 11.3 Å². The lowest BCUT2D eigenvalue weighted by molar-refractivity contribution is -0.132. The molecule has 4 heterocycles. The predicted octanol–water partition coefficient (Wildman–Crippen LogP) is 2.80. The lowest BCUT2D eigenvalue weighted by Crippen LogP contribution is -2.37. The van der Waals surface area contributed by atoms with Gasteiger partial charge in [0, 0.05) is 61.5 Å². The molecule has 1 aliphatic heterocycles. The number of fused-ring (bicyclic) bond motifs is 1. The monoisotopic (exact) mass is 489 g/mol. The lowest BCUT2D eigenvalue weighted by Gasteiger charge is -2.28. The summed E-state index contributed by atoms with van der Waals surface area (Å²) in [4.78, 5) is 32.2. The van der Waals surface area contributed by atoms with Crippen LogP contribution in [0.4, 0.5) is 0 Å². The molecule has 0 spiro atoms. The standard InChI is InChI=1S/C25H27N7O2S/c1-18-7-12-31(28-18)13-9-23(33)30-11-8-21-20(17-30)24(25(34)27-15-22-26-10-14-35-22)29-32(21)16-19-5-3-2-4-6-19/h2-7,10,12,14H,8-9,11,13,15-17H2,1H3,(H,27,34). The van der Waals surface area contributed by atoms with E-state index in [1.807, 2.05) is 64.5 Å². The van der Waals surface area contributed by atoms with Crippen molar-refractivity contribution >= 4 is 23.2 Å². The first-order valence-corrected chi connectivity index (χ1v) is 12.5. The van der Waals surface area contributed by atoms with Gasteiger partial charge in [-0.1, -0.05) is 30.3 Å². The van der Waals surface area contributed by atoms with Gasteiger partial charge in [0.05, 0.1) is 18.8 Å². The van der Waals surface area contributed by atoms with E-state index in [2.05, 4.69) is 15.4 Å². The van der Waals surface area contributed by atoms with E-state index >= 15 is 0 Å². The lowest BCUT2D eigenvalue weighted by atomic mass is 10.0. The van der Waals surface area contributed by atoms with Crippen molar-refractivity contribution in [1.82, 2.24) is 34.8 Å². The van der Waals surface area contributed by atoms with Crippen molar-refractivity contribution < 1.29 is 9.59 Å². The molecule has 3 aromatic heterocycles. The van der Waals surface area contributed by atoms with Gasteiger partial charge in [0.1, 0.15) is 5.01 Å². The number of nitrogens with zero attached hydrogens (tertiary/aromatic N) is 6. The molecule has 0 saturated carbocycles. The maximum absolute atomic E-state index is 13.1. The number of thiazole rings is 1. The van der Waals surface area contributed by atoms with Gasteiger partial charge in [-0.05, 0) is 18.6 Å². The predicted molar refractivity (Wildman–Crippen MR) is 132 cm³/mol. The SMILES string of the molecule is Cc1ccn(CCC(=O)N2CCc3c(c(C(=O)NCc4nccs4)nn3Cc3ccccc3)C2)n1. The summed E-state index contributed by atoms with van der Waals surface area (Å²) >= 11 is 1.49. The Bertz CT molecular complexity index is 1310. The smallest absolute Gasteiger partial charge is 0.272 e. The van der Waals surface area contributed by atoms with Gasteiger partial charge in [0.15, 0.2) is 5.69 Å². The van der Waals surface area contributed by atoms with E-state index in [1.54, 1.807) is 10.9 Å². The van der Waals surface area contributed by atoms with E-state index in [9.17, 15) is 9.59 Å². The van der Waals surface area contributed by atoms with Gasteiger partial charge in [-0.25, -0.2) is 4.98 Å². The zero-order valence-corrected chi connectivity index (χ0v) is 20.4. The number of carbonyl (C=O) groups excluding carboxylic acids is 2. The molecule has 0 fully saturated rings. The summed E-state index contributed by atoms with van der Waals surface area (Å²) in [5.41, 5.74) is 4.26. The molecule has 1 aromatic carbocycles. The molecule has 9 nitrogen and oxygen atoms in total. The van der Waals surface area contributed by atoms with Crippen LogP contribution in [0.5, 0.6) is 0 Å². The molecule has 0 unspecified atom stereocenters. The number of hydrogen-bond donors (Lipinski definition) is 1. The Labute approximate surface area is 207 Å². The highest BCUT2D eigenvalue weighted by atomic mass is 32.1. The number of aromatic nitrogens is 5. The highest BCUT2D eigenvalue weighted by molar-refractivity contribution is 7.09. The van der Waals surface area contributed by atoms with Crippen LogP contribution in [-0.4, -0.2) is 47.8 Å². The molecule has 5 rings (SSSR count). The average molecular weight is 490 g/mol. The fraction of sp³-hybridized carbons (Fsp3) is 0.320. The number of aryl methyl sites for hydroxylation is 2. The van der Waals surface area contributed by atoms with Crippen LogP contribution in [0.1, 0.15) is 44.4 Å². The molecule has 1 N–H and O–H groups in total. The van der Waals surface area contributed by atoms with Crippen molar-refractivity contribution in [2.75, 3.05) is 6.54 Å². The quantitative estimate of drug-likeness (QED) is 0.410. The molecule has 10 heteroatoms. The topological polar surface area (TPSA) is 97.9 Å². The first-order valence-electron chi connectivity index (χ1n) is 11.6. The van der Waals surface area contributed by atoms with Gasteiger partial charge in [-0.3, -0.25) is 19.0 Å². The molecule has 1 aliphatic rings. The Hall–Kier alpha value is -3.79. The average Bonchev–Trinajstić information content (AvgIpc) is 3.62. The van der Waals surface area contributed by atoms with E-state index in [4.69, 9.17) is 5.10 Å². The van der Waals surface area contributed by atoms with Crippen LogP contribution < -0.4 is 5.32 Å². The van der Waals surface area contributed by atoms with Gasteiger partial charge >= 0.3 is 0 Å². The third-order valence-electron chi connectivity index (χ3n) is 6.09. The first kappa shape index (κ1) is 23.0. The number of hydrogen-bond acceptors (Lipinski definition) is 6. The normalized spacial score (nSPS) is 13.0. The van der Waals surface area contributed by atoms with Crippen molar-refractivity contribution in [1.29, 1.82) is 0 Å². The minimum atomic E-state index is -0.246. The van der Waals surface area contributed by atoms with Crippen LogP contribution in [0.15, 0.2) is 54.2 Å². The zero-order chi connectivity index (χ0) is 24.2. The zero-order valence-electron chi connectivity index (χ0n) is 19.6. The van der Waals surface area contributed by atoms with Crippen molar-refractivity contribution in [3.05, 3.63) is 87.4 Å². The highest BCUT2D eigenvalue weighted by Crippen LogP contribution is 2.24. The summed E-state index contributed by atoms with van der Waals surface area (Å²) in [7, 11) is 0. The summed E-state index contributed by atoms with van der Waals surface area (Å²) in [6.07, 6.45) is 4.62. The second-order valence-corrected chi connectivity index (χ2v) is 9.54. The van der Waals surface area contributed by atoms with Gasteiger partial charge < -0.3 is 10.2 Å². The number of benzene rings is 1. The van der Waals surface area contributed by atoms with E-state index in [-0.39, 0.29) is 11.8 Å². The number of carbonyl (C=O) groups is 2. The molecular weight excluding hydrogens is 462 g/mol. The second-order valence-electron chi connectivity index (χ2n) is 8.56. The van der Waals surface area contributed by atoms with E-state index < -0.39 is 0 Å². The molecule has 180 valence electrons. The molecule has 2 amide bonds. The molecule has 0 saturated heterocycles. The van der Waals surface area contributed by atoms with Crippen LogP contribution in [0.3, 0.4) is 0 Å². The Morgan fingerprint density at radius 2 is 2.00 bits per heavy atom. The van der Waals surface area contributed by atoms with Gasteiger partial charge in [-0.15, -0.1) is 11.3 Å². The van der Waals surface area contributed by atoms with Crippen LogP contribution in [0.2, 0.25) is 0 Å². The fourth-order valence-electron chi connectivity index (χ4n) is 4.31. The van der Waals surface area contributed by atoms with Crippen LogP contribution in [0.25, 0.3) is 0 Å². The number of rotatable bonds is 8. The van der Waals surface area contributed by atoms with Crippen molar-refractivity contribution in [3.8, 4) is 0 Å². The molecule has 0 aliphatic carbocycles. The maximum Gasteiger partial charge on any atom is 0.272 e. The van der Waals surface area contributed by atoms with Gasteiger partial charge in [0.25, 0.3) is 5.91 Å². The summed E-state index contributed by atoms with van der Waals surface area (Å²) in [5, 5.41) is 14.7. The maximum atomic E-state index is 13.1. The Kier molecular flexibility index (Phi) is 6.71. The molecular formula is C25H27N7O2S. The van der Waals surface area contributed by atoms with E-state index in [0.29, 0.717) is 51.3 Å². The summed E-state index contributed by atoms with van der Waals surface area (Å²) in [5.74, 6) is -0.196. The number of nitrogens with one attached hydrogen (secondary N) is 1. The largest absolute Gasteiger partial charge is 0.344 e. The van der Waals surface area contributed by atoms with Crippen molar-refractivity contribution in [2.45, 2.75) is 45.9 Å². The van der Waals surface area contributed by atoms with Crippen molar-refractivity contribution in [3.63, 3.8) is 0 Å². The van der Waals surface area contributed by atoms with Gasteiger partial charge in [0.2, 0.25) is 5.91 Å². The van der Waals surface area contributed by atoms with Crippen LogP contribution in [-0.2, 0) is 37.4 Å². The van der Waals surface area contributed by atoms with Gasteiger partial charge in [-0.2, -0.15) is 10.2 Å². The third kappa shape index (κ3) is 5.32. The highest BCUT2D eigenvalue weighted by Gasteiger charge is 2.30. The Balaban J connectivity index is 1.35. The Morgan fingerprint density at radius 3 is 2.74 bits per heavy atom. The molecule has 0 atom stereocenters. The number of amides is 2. The molecule has 0 bridgehead atoms. The summed E-state index contributed by atoms with van der Waals surface area (Å²) < 4.78 is 3.70. The summed E-state index contributed by atoms with van der Waals surface area (Å²) in [6.45, 7) is 4.37. The molecule has 4 aromatic rings. The summed E-state index contributed by atoms with van der Waals surface area (Å²) in [6, 6.07) is 12.0. The molecule has 35 heavy (non-hydrogen) atoms. The third-order valence-corrected chi connectivity index (χ3v) is 6.87. The fourth-order valence-corrected chi connectivity index (χ4v) is 4.87. The van der Waals surface area contributed by atoms with Crippen molar-refractivity contribution in [2.24, 2.45) is 0 Å². The minimum absolute atomic E-state index is 0.0498. The minimum Gasteiger partial charge on any atom is -0.344 e. The van der Waals surface area contributed by atoms with Crippen LogP contribution in [0, 0.1) is 6.92 Å². The Morgan fingerprint density at radius 1 is 1.14 bits per heavy atom. The second kappa shape index (κ2) is 10.2.